The third-order valence-corrected chi connectivity index (χ3v) is 1.99. The molecule has 0 saturated heterocycles. The number of hydrogen-bond acceptors (Lipinski definition) is 1. The van der Waals surface area contributed by atoms with E-state index in [1.165, 1.54) is 11.6 Å². The van der Waals surface area contributed by atoms with Gasteiger partial charge in [0.25, 0.3) is 0 Å². The number of nitrogens with one attached hydrogen (secondary N) is 1. The Kier molecular flexibility index (Phi) is 1.61. The van der Waals surface area contributed by atoms with Crippen LogP contribution >= 0.6 is 0 Å². The standard InChI is InChI=1S/C10H10FN/c1-7-5-8-3-2-4-9(11)10(8)12-6-7/h2-5,12H,6H2,1H3. The number of benzene rings is 1. The fraction of sp³-hybridized carbons (Fsp3) is 0.200. The predicted octanol–water partition coefficient (Wildman–Crippen LogP) is 2.65. The summed E-state index contributed by atoms with van der Waals surface area (Å²) in [5, 5.41) is 3.04. The van der Waals surface area contributed by atoms with Crippen LogP contribution in [0.5, 0.6) is 0 Å². The van der Waals surface area contributed by atoms with Gasteiger partial charge < -0.3 is 5.32 Å². The minimum Gasteiger partial charge on any atom is -0.378 e. The van der Waals surface area contributed by atoms with Crippen LogP contribution in [0.15, 0.2) is 23.8 Å². The number of fused-ring (bicyclic) bond motifs is 1. The Morgan fingerprint density at radius 1 is 1.42 bits per heavy atom. The molecule has 0 fully saturated rings. The molecule has 0 atom stereocenters. The maximum absolute atomic E-state index is 13.1. The van der Waals surface area contributed by atoms with E-state index in [1.807, 2.05) is 19.1 Å². The Bertz CT molecular complexity index is 342. The molecule has 1 aromatic rings. The maximum Gasteiger partial charge on any atom is 0.146 e. The van der Waals surface area contributed by atoms with Crippen LogP contribution in [-0.4, -0.2) is 6.54 Å². The highest BCUT2D eigenvalue weighted by Gasteiger charge is 2.09. The first-order valence-corrected chi connectivity index (χ1v) is 3.97. The van der Waals surface area contributed by atoms with Gasteiger partial charge >= 0.3 is 0 Å². The van der Waals surface area contributed by atoms with Crippen LogP contribution in [0.25, 0.3) is 6.08 Å². The van der Waals surface area contributed by atoms with Crippen LogP contribution in [0, 0.1) is 5.82 Å². The molecule has 2 rings (SSSR count). The summed E-state index contributed by atoms with van der Waals surface area (Å²) in [6.45, 7) is 2.77. The fourth-order valence-corrected chi connectivity index (χ4v) is 1.39. The third kappa shape index (κ3) is 1.09. The molecule has 1 nitrogen and oxygen atoms in total. The third-order valence-electron chi connectivity index (χ3n) is 1.99. The first kappa shape index (κ1) is 7.35. The number of hydrogen-bond donors (Lipinski definition) is 1. The topological polar surface area (TPSA) is 12.0 Å². The van der Waals surface area contributed by atoms with Gasteiger partial charge in [0.2, 0.25) is 0 Å². The van der Waals surface area contributed by atoms with Crippen LogP contribution in [0.3, 0.4) is 0 Å². The van der Waals surface area contributed by atoms with Gasteiger partial charge in [-0.25, -0.2) is 4.39 Å². The van der Waals surface area contributed by atoms with Crippen molar-refractivity contribution in [2.24, 2.45) is 0 Å². The quantitative estimate of drug-likeness (QED) is 0.620. The Labute approximate surface area is 70.9 Å². The molecular formula is C10H10FN. The molecule has 0 amide bonds. The van der Waals surface area contributed by atoms with Crippen molar-refractivity contribution >= 4 is 11.8 Å². The van der Waals surface area contributed by atoms with Gasteiger partial charge in [0.05, 0.1) is 5.69 Å². The summed E-state index contributed by atoms with van der Waals surface area (Å²) in [5.74, 6) is -0.170. The van der Waals surface area contributed by atoms with Crippen molar-refractivity contribution in [3.05, 3.63) is 35.2 Å². The number of anilines is 1. The van der Waals surface area contributed by atoms with E-state index in [9.17, 15) is 4.39 Å². The highest BCUT2D eigenvalue weighted by atomic mass is 19.1. The van der Waals surface area contributed by atoms with Crippen molar-refractivity contribution in [2.75, 3.05) is 11.9 Å². The number of para-hydroxylation sites is 1. The van der Waals surface area contributed by atoms with Crippen molar-refractivity contribution in [1.29, 1.82) is 0 Å². The van der Waals surface area contributed by atoms with Crippen molar-refractivity contribution in [1.82, 2.24) is 0 Å². The molecule has 0 saturated carbocycles. The lowest BCUT2D eigenvalue weighted by atomic mass is 10.1. The molecule has 1 N–H and O–H groups in total. The molecular weight excluding hydrogens is 153 g/mol. The van der Waals surface area contributed by atoms with Gasteiger partial charge in [0, 0.05) is 12.1 Å². The monoisotopic (exact) mass is 163 g/mol. The van der Waals surface area contributed by atoms with E-state index < -0.39 is 0 Å². The summed E-state index contributed by atoms with van der Waals surface area (Å²) in [5.41, 5.74) is 2.80. The molecule has 1 aliphatic rings. The zero-order chi connectivity index (χ0) is 8.55. The molecule has 0 aromatic heterocycles. The zero-order valence-electron chi connectivity index (χ0n) is 6.89. The maximum atomic E-state index is 13.1. The van der Waals surface area contributed by atoms with Gasteiger partial charge in [-0.2, -0.15) is 0 Å². The summed E-state index contributed by atoms with van der Waals surface area (Å²) in [6.07, 6.45) is 2.01. The Morgan fingerprint density at radius 3 is 3.08 bits per heavy atom. The first-order chi connectivity index (χ1) is 5.77. The molecule has 0 unspecified atom stereocenters. The molecule has 0 bridgehead atoms. The van der Waals surface area contributed by atoms with Crippen molar-refractivity contribution in [2.45, 2.75) is 6.92 Å². The van der Waals surface area contributed by atoms with E-state index in [0.717, 1.165) is 12.1 Å². The molecule has 1 aliphatic heterocycles. The van der Waals surface area contributed by atoms with E-state index in [1.54, 1.807) is 6.07 Å². The minimum absolute atomic E-state index is 0.170. The summed E-state index contributed by atoms with van der Waals surface area (Å²) >= 11 is 0. The van der Waals surface area contributed by atoms with Crippen LogP contribution in [0.2, 0.25) is 0 Å². The van der Waals surface area contributed by atoms with Crippen LogP contribution in [-0.2, 0) is 0 Å². The van der Waals surface area contributed by atoms with Gasteiger partial charge in [0.15, 0.2) is 0 Å². The van der Waals surface area contributed by atoms with Gasteiger partial charge in [-0.3, -0.25) is 0 Å². The zero-order valence-corrected chi connectivity index (χ0v) is 6.89. The summed E-state index contributed by atoms with van der Waals surface area (Å²) in [7, 11) is 0. The average Bonchev–Trinajstić information content (AvgIpc) is 2.04. The summed E-state index contributed by atoms with van der Waals surface area (Å²) < 4.78 is 13.1. The van der Waals surface area contributed by atoms with Crippen LogP contribution in [0.1, 0.15) is 12.5 Å². The van der Waals surface area contributed by atoms with Crippen LogP contribution < -0.4 is 5.32 Å². The lowest BCUT2D eigenvalue weighted by Gasteiger charge is -2.16. The van der Waals surface area contributed by atoms with E-state index in [-0.39, 0.29) is 5.82 Å². The number of rotatable bonds is 0. The van der Waals surface area contributed by atoms with E-state index in [0.29, 0.717) is 5.69 Å². The summed E-state index contributed by atoms with van der Waals surface area (Å²) in [6, 6.07) is 5.11. The van der Waals surface area contributed by atoms with Crippen molar-refractivity contribution < 1.29 is 4.39 Å². The van der Waals surface area contributed by atoms with E-state index in [4.69, 9.17) is 0 Å². The van der Waals surface area contributed by atoms with Gasteiger partial charge in [0.1, 0.15) is 5.82 Å². The van der Waals surface area contributed by atoms with Gasteiger partial charge in [-0.15, -0.1) is 0 Å². The lowest BCUT2D eigenvalue weighted by molar-refractivity contribution is 0.630. The average molecular weight is 163 g/mol. The van der Waals surface area contributed by atoms with Crippen molar-refractivity contribution in [3.8, 4) is 0 Å². The second-order valence-corrected chi connectivity index (χ2v) is 3.05. The minimum atomic E-state index is -0.170. The molecule has 0 spiro atoms. The first-order valence-electron chi connectivity index (χ1n) is 3.97. The molecule has 0 radical (unpaired) electrons. The molecule has 1 heterocycles. The number of halogens is 1. The molecule has 0 aliphatic carbocycles. The fourth-order valence-electron chi connectivity index (χ4n) is 1.39. The normalized spacial score (nSPS) is 14.7. The summed E-state index contributed by atoms with van der Waals surface area (Å²) in [4.78, 5) is 0. The molecule has 62 valence electrons. The van der Waals surface area contributed by atoms with E-state index in [2.05, 4.69) is 5.32 Å². The van der Waals surface area contributed by atoms with Gasteiger partial charge in [-0.1, -0.05) is 23.8 Å². The predicted molar refractivity (Wildman–Crippen MR) is 48.5 cm³/mol. The second kappa shape index (κ2) is 2.63. The van der Waals surface area contributed by atoms with Gasteiger partial charge in [-0.05, 0) is 13.0 Å². The Hall–Kier alpha value is -1.31. The molecule has 12 heavy (non-hydrogen) atoms. The Morgan fingerprint density at radius 2 is 2.25 bits per heavy atom. The largest absolute Gasteiger partial charge is 0.378 e. The lowest BCUT2D eigenvalue weighted by Crippen LogP contribution is -2.10. The highest BCUT2D eigenvalue weighted by molar-refractivity contribution is 5.72. The second-order valence-electron chi connectivity index (χ2n) is 3.05. The SMILES string of the molecule is CC1=Cc2cccc(F)c2NC1. The smallest absolute Gasteiger partial charge is 0.146 e. The molecule has 2 heteroatoms. The molecule has 1 aromatic carbocycles. The van der Waals surface area contributed by atoms with Crippen LogP contribution in [0.4, 0.5) is 10.1 Å². The van der Waals surface area contributed by atoms with Crippen molar-refractivity contribution in [3.63, 3.8) is 0 Å². The van der Waals surface area contributed by atoms with E-state index >= 15 is 0 Å². The Balaban J connectivity index is 2.57. The highest BCUT2D eigenvalue weighted by Crippen LogP contribution is 2.25.